The summed E-state index contributed by atoms with van der Waals surface area (Å²) < 4.78 is 0. The summed E-state index contributed by atoms with van der Waals surface area (Å²) in [6.07, 6.45) is 0. The molecular weight excluding hydrogens is 689 g/mol. The van der Waals surface area contributed by atoms with Crippen LogP contribution in [0, 0.1) is 0 Å². The molecule has 2 heteroatoms. The van der Waals surface area contributed by atoms with Crippen LogP contribution in [0.5, 0.6) is 0 Å². The van der Waals surface area contributed by atoms with Crippen molar-refractivity contribution >= 4 is 32.3 Å². The average molecular weight is 727 g/mol. The van der Waals surface area contributed by atoms with Gasteiger partial charge in [-0.25, -0.2) is 9.97 Å². The zero-order valence-electron chi connectivity index (χ0n) is 31.9. The van der Waals surface area contributed by atoms with E-state index in [2.05, 4.69) is 184 Å². The van der Waals surface area contributed by atoms with Gasteiger partial charge >= 0.3 is 0 Å². The van der Waals surface area contributed by atoms with Crippen molar-refractivity contribution in [1.82, 2.24) is 9.97 Å². The van der Waals surface area contributed by atoms with Crippen molar-refractivity contribution in [1.29, 1.82) is 0 Å². The maximum absolute atomic E-state index is 5.16. The molecule has 0 N–H and O–H groups in total. The van der Waals surface area contributed by atoms with Gasteiger partial charge < -0.3 is 0 Å². The molecule has 0 spiro atoms. The van der Waals surface area contributed by atoms with E-state index in [0.29, 0.717) is 5.82 Å². The molecule has 0 bridgehead atoms. The molecule has 2 nitrogen and oxygen atoms in total. The minimum Gasteiger partial charge on any atom is -0.228 e. The first-order chi connectivity index (χ1) is 28.0. The third kappa shape index (κ3) is 5.40. The van der Waals surface area contributed by atoms with Gasteiger partial charge in [0.2, 0.25) is 0 Å². The normalized spacial score (nSPS) is 12.9. The van der Waals surface area contributed by atoms with Gasteiger partial charge in [0, 0.05) is 22.1 Å². The summed E-state index contributed by atoms with van der Waals surface area (Å²) in [6, 6.07) is 70.2. The van der Waals surface area contributed by atoms with Crippen LogP contribution >= 0.6 is 0 Å². The third-order valence-corrected chi connectivity index (χ3v) is 12.1. The number of hydrogen-bond donors (Lipinski definition) is 0. The maximum Gasteiger partial charge on any atom is 0.160 e. The van der Waals surface area contributed by atoms with Crippen LogP contribution in [-0.4, -0.2) is 9.97 Å². The highest BCUT2D eigenvalue weighted by Gasteiger charge is 2.35. The SMILES string of the molecule is CC1(C)c2ccccc2-c2ccc(-c3ccc4c(c3)c3ccccc3c3cccc(-c5cccc(-c6cc(-c7ccccc7)nc(-c7ccccc7)n6)c5)c34)cc21. The number of benzene rings is 9. The summed E-state index contributed by atoms with van der Waals surface area (Å²) in [5.74, 6) is 0.715. The van der Waals surface area contributed by atoms with E-state index in [-0.39, 0.29) is 5.41 Å². The van der Waals surface area contributed by atoms with Gasteiger partial charge in [-0.15, -0.1) is 0 Å². The lowest BCUT2D eigenvalue weighted by Gasteiger charge is -2.22. The van der Waals surface area contributed by atoms with E-state index in [4.69, 9.17) is 9.97 Å². The molecule has 0 radical (unpaired) electrons. The van der Waals surface area contributed by atoms with Crippen LogP contribution in [0.4, 0.5) is 0 Å². The second-order valence-electron chi connectivity index (χ2n) is 15.7. The summed E-state index contributed by atoms with van der Waals surface area (Å²) >= 11 is 0. The summed E-state index contributed by atoms with van der Waals surface area (Å²) in [4.78, 5) is 10.2. The molecule has 9 aromatic carbocycles. The number of fused-ring (bicyclic) bond motifs is 9. The monoisotopic (exact) mass is 726 g/mol. The minimum atomic E-state index is -0.0524. The van der Waals surface area contributed by atoms with Crippen molar-refractivity contribution in [2.24, 2.45) is 0 Å². The van der Waals surface area contributed by atoms with E-state index >= 15 is 0 Å². The smallest absolute Gasteiger partial charge is 0.160 e. The minimum absolute atomic E-state index is 0.0524. The van der Waals surface area contributed by atoms with Gasteiger partial charge in [0.1, 0.15) is 0 Å². The number of nitrogens with zero attached hydrogens (tertiary/aromatic N) is 2. The lowest BCUT2D eigenvalue weighted by molar-refractivity contribution is 0.660. The molecule has 57 heavy (non-hydrogen) atoms. The number of aromatic nitrogens is 2. The van der Waals surface area contributed by atoms with Crippen LogP contribution in [0.2, 0.25) is 0 Å². The Labute approximate surface area is 332 Å². The molecule has 1 aliphatic carbocycles. The Kier molecular flexibility index (Phi) is 7.55. The first kappa shape index (κ1) is 33.2. The largest absolute Gasteiger partial charge is 0.228 e. The van der Waals surface area contributed by atoms with E-state index in [9.17, 15) is 0 Å². The van der Waals surface area contributed by atoms with Crippen molar-refractivity contribution in [3.8, 4) is 67.3 Å². The average Bonchev–Trinajstić information content (AvgIpc) is 3.51. The van der Waals surface area contributed by atoms with E-state index in [1.807, 2.05) is 24.3 Å². The van der Waals surface area contributed by atoms with Gasteiger partial charge in [0.05, 0.1) is 11.4 Å². The lowest BCUT2D eigenvalue weighted by atomic mass is 9.81. The zero-order valence-corrected chi connectivity index (χ0v) is 31.9. The van der Waals surface area contributed by atoms with Crippen molar-refractivity contribution in [3.05, 3.63) is 205 Å². The number of hydrogen-bond acceptors (Lipinski definition) is 2. The Morgan fingerprint density at radius 3 is 1.67 bits per heavy atom. The fourth-order valence-electron chi connectivity index (χ4n) is 9.22. The Hall–Kier alpha value is -7.16. The predicted octanol–water partition coefficient (Wildman–Crippen LogP) is 14.6. The molecule has 11 rings (SSSR count). The Balaban J connectivity index is 1.08. The van der Waals surface area contributed by atoms with E-state index in [1.54, 1.807) is 0 Å². The molecule has 268 valence electrons. The van der Waals surface area contributed by atoms with Crippen LogP contribution in [0.1, 0.15) is 25.0 Å². The molecule has 10 aromatic rings. The standard InChI is InChI=1S/C55H38N2/c1-55(2)49-26-12-11-23-44(49)45-29-27-38(33-50(45)55)37-28-30-47-48(32-37)43-22-10-9-21-42(43)46-25-14-24-41(53(46)47)39-19-13-20-40(31-39)52-34-51(35-15-5-3-6-16-35)56-54(57-52)36-17-7-4-8-18-36/h3-34H,1-2H3. The Bertz CT molecular complexity index is 3140. The number of rotatable bonds is 5. The highest BCUT2D eigenvalue weighted by Crippen LogP contribution is 2.50. The first-order valence-corrected chi connectivity index (χ1v) is 19.7. The molecular formula is C55H38N2. The molecule has 0 unspecified atom stereocenters. The van der Waals surface area contributed by atoms with Gasteiger partial charge in [-0.3, -0.25) is 0 Å². The maximum atomic E-state index is 5.16. The van der Waals surface area contributed by atoms with Crippen molar-refractivity contribution in [3.63, 3.8) is 0 Å². The van der Waals surface area contributed by atoms with Crippen LogP contribution in [0.25, 0.3) is 99.6 Å². The molecule has 0 saturated heterocycles. The first-order valence-electron chi connectivity index (χ1n) is 19.7. The topological polar surface area (TPSA) is 25.8 Å². The van der Waals surface area contributed by atoms with Crippen LogP contribution in [0.3, 0.4) is 0 Å². The Morgan fingerprint density at radius 2 is 0.860 bits per heavy atom. The molecule has 0 atom stereocenters. The second kappa shape index (κ2) is 13.0. The third-order valence-electron chi connectivity index (χ3n) is 12.1. The van der Waals surface area contributed by atoms with E-state index < -0.39 is 0 Å². The van der Waals surface area contributed by atoms with Gasteiger partial charge in [-0.05, 0) is 101 Å². The van der Waals surface area contributed by atoms with Gasteiger partial charge in [-0.1, -0.05) is 184 Å². The van der Waals surface area contributed by atoms with Crippen molar-refractivity contribution in [2.75, 3.05) is 0 Å². The molecule has 0 fully saturated rings. The fraction of sp³-hybridized carbons (Fsp3) is 0.0545. The predicted molar refractivity (Wildman–Crippen MR) is 239 cm³/mol. The van der Waals surface area contributed by atoms with Gasteiger partial charge in [-0.2, -0.15) is 0 Å². The molecule has 1 heterocycles. The quantitative estimate of drug-likeness (QED) is 0.165. The molecule has 0 aliphatic heterocycles. The van der Waals surface area contributed by atoms with Crippen molar-refractivity contribution < 1.29 is 0 Å². The van der Waals surface area contributed by atoms with Crippen LogP contribution in [0.15, 0.2) is 194 Å². The zero-order chi connectivity index (χ0) is 38.1. The second-order valence-corrected chi connectivity index (χ2v) is 15.7. The molecule has 0 saturated carbocycles. The van der Waals surface area contributed by atoms with E-state index in [1.165, 1.54) is 71.3 Å². The summed E-state index contributed by atoms with van der Waals surface area (Å²) in [5.41, 5.74) is 15.2. The summed E-state index contributed by atoms with van der Waals surface area (Å²) in [7, 11) is 0. The van der Waals surface area contributed by atoms with Gasteiger partial charge in [0.25, 0.3) is 0 Å². The highest BCUT2D eigenvalue weighted by molar-refractivity contribution is 6.28. The summed E-state index contributed by atoms with van der Waals surface area (Å²) in [6.45, 7) is 4.71. The molecule has 1 aromatic heterocycles. The van der Waals surface area contributed by atoms with Crippen LogP contribution < -0.4 is 0 Å². The van der Waals surface area contributed by atoms with Gasteiger partial charge in [0.15, 0.2) is 5.82 Å². The van der Waals surface area contributed by atoms with Crippen LogP contribution in [-0.2, 0) is 5.41 Å². The van der Waals surface area contributed by atoms with Crippen molar-refractivity contribution in [2.45, 2.75) is 19.3 Å². The highest BCUT2D eigenvalue weighted by atomic mass is 14.9. The lowest BCUT2D eigenvalue weighted by Crippen LogP contribution is -2.14. The fourth-order valence-corrected chi connectivity index (χ4v) is 9.22. The molecule has 1 aliphatic rings. The molecule has 0 amide bonds. The van der Waals surface area contributed by atoms with E-state index in [0.717, 1.165) is 33.6 Å². The summed E-state index contributed by atoms with van der Waals surface area (Å²) in [5, 5.41) is 7.56. The Morgan fingerprint density at radius 1 is 0.316 bits per heavy atom.